The lowest BCUT2D eigenvalue weighted by Gasteiger charge is -2.16. The van der Waals surface area contributed by atoms with Crippen LogP contribution in [-0.2, 0) is 0 Å². The molecular weight excluding hydrogens is 741 g/mol. The van der Waals surface area contributed by atoms with Crippen molar-refractivity contribution in [2.24, 2.45) is 0 Å². The fourth-order valence-corrected chi connectivity index (χ4v) is 8.55. The van der Waals surface area contributed by atoms with Crippen molar-refractivity contribution in [3.63, 3.8) is 0 Å². The molecule has 0 fully saturated rings. The van der Waals surface area contributed by atoms with Crippen LogP contribution in [0.25, 0.3) is 105 Å². The van der Waals surface area contributed by atoms with Crippen LogP contribution in [0.2, 0.25) is 0 Å². The van der Waals surface area contributed by atoms with Gasteiger partial charge in [0.2, 0.25) is 0 Å². The van der Waals surface area contributed by atoms with Gasteiger partial charge in [-0.05, 0) is 80.2 Å². The molecule has 0 unspecified atom stereocenters. The highest BCUT2D eigenvalue weighted by Gasteiger charge is 2.16. The third-order valence-corrected chi connectivity index (χ3v) is 11.5. The zero-order chi connectivity index (χ0) is 40.5. The van der Waals surface area contributed by atoms with E-state index in [2.05, 4.69) is 174 Å². The first-order valence-corrected chi connectivity index (χ1v) is 20.6. The summed E-state index contributed by atoms with van der Waals surface area (Å²) < 4.78 is 2.42. The van der Waals surface area contributed by atoms with Crippen molar-refractivity contribution < 1.29 is 0 Å². The van der Waals surface area contributed by atoms with Crippen LogP contribution in [0.3, 0.4) is 0 Å². The lowest BCUT2D eigenvalue weighted by molar-refractivity contribution is 1.07. The Hall–Kier alpha value is -8.21. The van der Waals surface area contributed by atoms with Crippen molar-refractivity contribution >= 4 is 43.4 Å². The topological polar surface area (TPSA) is 43.6 Å². The fourth-order valence-electron chi connectivity index (χ4n) is 8.55. The summed E-state index contributed by atoms with van der Waals surface area (Å²) >= 11 is 0. The maximum atomic E-state index is 5.13. The first-order valence-electron chi connectivity index (χ1n) is 20.6. The van der Waals surface area contributed by atoms with Crippen molar-refractivity contribution in [1.29, 1.82) is 0 Å². The van der Waals surface area contributed by atoms with Crippen LogP contribution in [0.4, 0.5) is 0 Å². The van der Waals surface area contributed by atoms with Crippen LogP contribution in [0, 0.1) is 0 Å². The summed E-state index contributed by atoms with van der Waals surface area (Å²) in [7, 11) is 0. The van der Waals surface area contributed by atoms with E-state index in [0.717, 1.165) is 66.1 Å². The molecular formula is C57H38N4. The van der Waals surface area contributed by atoms with E-state index in [-0.39, 0.29) is 0 Å². The molecule has 2 aromatic heterocycles. The van der Waals surface area contributed by atoms with E-state index in [0.29, 0.717) is 17.5 Å². The predicted octanol–water partition coefficient (Wildman–Crippen LogP) is 14.7. The molecule has 11 rings (SSSR count). The Bertz CT molecular complexity index is 3250. The molecule has 61 heavy (non-hydrogen) atoms. The Morgan fingerprint density at radius 1 is 0.230 bits per heavy atom. The predicted molar refractivity (Wildman–Crippen MR) is 254 cm³/mol. The lowest BCUT2D eigenvalue weighted by atomic mass is 9.98. The van der Waals surface area contributed by atoms with Crippen LogP contribution >= 0.6 is 0 Å². The minimum Gasteiger partial charge on any atom is -0.309 e. The van der Waals surface area contributed by atoms with Gasteiger partial charge in [0.1, 0.15) is 0 Å². The van der Waals surface area contributed by atoms with Gasteiger partial charge < -0.3 is 4.57 Å². The number of rotatable bonds is 6. The third-order valence-electron chi connectivity index (χ3n) is 11.5. The quantitative estimate of drug-likeness (QED) is 0.169. The second-order valence-electron chi connectivity index (χ2n) is 15.2. The van der Waals surface area contributed by atoms with E-state index >= 15 is 0 Å². The van der Waals surface area contributed by atoms with Gasteiger partial charge in [0.15, 0.2) is 17.5 Å². The SMILES string of the molecule is c1ccc(-c2ccc3c(c2)c2ccccc2c2ccccc2c2cc(-c4ccccc4)ccc2n3-c2cccc(-c3nc(-c4ccccc4)nc(-c4ccccc4)n3)c2)cc1. The minimum absolute atomic E-state index is 0.605. The zero-order valence-corrected chi connectivity index (χ0v) is 33.2. The van der Waals surface area contributed by atoms with Crippen molar-refractivity contribution in [2.75, 3.05) is 0 Å². The Balaban J connectivity index is 1.27. The standard InChI is InChI=1S/C57H38N4/c1-5-18-39(19-6-1)43-32-34-53-51(37-43)49-30-15-13-28-47(49)48-29-14-16-31-50(48)52-38-44(40-20-7-2-8-21-40)33-35-54(52)61(53)46-27-17-26-45(36-46)57-59-55(41-22-9-3-10-23-41)58-56(60-57)42-24-11-4-12-25-42/h1-38H. The van der Waals surface area contributed by atoms with Crippen molar-refractivity contribution in [3.05, 3.63) is 231 Å². The molecule has 0 saturated heterocycles. The molecule has 0 amide bonds. The van der Waals surface area contributed by atoms with Crippen molar-refractivity contribution in [1.82, 2.24) is 19.5 Å². The molecule has 11 aromatic rings. The second kappa shape index (κ2) is 15.5. The first kappa shape index (κ1) is 35.9. The summed E-state index contributed by atoms with van der Waals surface area (Å²) in [6.07, 6.45) is 0. The van der Waals surface area contributed by atoms with Gasteiger partial charge in [0.25, 0.3) is 0 Å². The minimum atomic E-state index is 0.605. The van der Waals surface area contributed by atoms with E-state index < -0.39 is 0 Å². The Morgan fingerprint density at radius 2 is 0.574 bits per heavy atom. The molecule has 0 bridgehead atoms. The molecule has 0 N–H and O–H groups in total. The lowest BCUT2D eigenvalue weighted by Crippen LogP contribution is -2.02. The van der Waals surface area contributed by atoms with Crippen LogP contribution in [-0.4, -0.2) is 19.5 Å². The summed E-state index contributed by atoms with van der Waals surface area (Å²) in [6, 6.07) is 81.6. The van der Waals surface area contributed by atoms with Gasteiger partial charge in [-0.1, -0.05) is 194 Å². The number of benzene rings is 9. The van der Waals surface area contributed by atoms with E-state index in [9.17, 15) is 0 Å². The average molecular weight is 779 g/mol. The number of hydrogen-bond acceptors (Lipinski definition) is 3. The molecule has 0 atom stereocenters. The second-order valence-corrected chi connectivity index (χ2v) is 15.2. The smallest absolute Gasteiger partial charge is 0.164 e. The first-order chi connectivity index (χ1) is 30.2. The summed E-state index contributed by atoms with van der Waals surface area (Å²) in [5.41, 5.74) is 10.5. The van der Waals surface area contributed by atoms with Crippen molar-refractivity contribution in [2.45, 2.75) is 0 Å². The van der Waals surface area contributed by atoms with Crippen LogP contribution in [0.1, 0.15) is 0 Å². The Labute approximate surface area is 354 Å². The van der Waals surface area contributed by atoms with Gasteiger partial charge in [0, 0.05) is 33.2 Å². The third kappa shape index (κ3) is 6.76. The van der Waals surface area contributed by atoms with Gasteiger partial charge in [-0.25, -0.2) is 15.0 Å². The highest BCUT2D eigenvalue weighted by atomic mass is 15.0. The number of nitrogens with zero attached hydrogens (tertiary/aromatic N) is 4. The molecule has 0 aliphatic rings. The maximum Gasteiger partial charge on any atom is 0.164 e. The molecule has 0 spiro atoms. The van der Waals surface area contributed by atoms with E-state index in [1.54, 1.807) is 0 Å². The van der Waals surface area contributed by atoms with Crippen LogP contribution in [0.5, 0.6) is 0 Å². The van der Waals surface area contributed by atoms with Gasteiger partial charge in [-0.3, -0.25) is 0 Å². The highest BCUT2D eigenvalue weighted by molar-refractivity contribution is 6.20. The molecule has 0 aliphatic heterocycles. The normalized spacial score (nSPS) is 11.3. The van der Waals surface area contributed by atoms with Gasteiger partial charge in [-0.15, -0.1) is 0 Å². The molecule has 286 valence electrons. The maximum absolute atomic E-state index is 5.13. The fraction of sp³-hybridized carbons (Fsp3) is 0. The molecule has 2 heterocycles. The largest absolute Gasteiger partial charge is 0.309 e. The molecule has 4 nitrogen and oxygen atoms in total. The van der Waals surface area contributed by atoms with Gasteiger partial charge >= 0.3 is 0 Å². The molecule has 0 saturated carbocycles. The molecule has 9 aromatic carbocycles. The number of aromatic nitrogens is 4. The molecule has 0 radical (unpaired) electrons. The summed E-state index contributed by atoms with van der Waals surface area (Å²) in [6.45, 7) is 0. The van der Waals surface area contributed by atoms with E-state index in [1.165, 1.54) is 21.9 Å². The number of fused-ring (bicyclic) bond motifs is 7. The van der Waals surface area contributed by atoms with Crippen LogP contribution in [0.15, 0.2) is 231 Å². The average Bonchev–Trinajstić information content (AvgIpc) is 3.39. The molecule has 0 aliphatic carbocycles. The summed E-state index contributed by atoms with van der Waals surface area (Å²) in [4.78, 5) is 15.2. The van der Waals surface area contributed by atoms with Gasteiger partial charge in [0.05, 0.1) is 11.0 Å². The zero-order valence-electron chi connectivity index (χ0n) is 33.2. The Kier molecular flexibility index (Phi) is 9.14. The van der Waals surface area contributed by atoms with Crippen molar-refractivity contribution in [3.8, 4) is 62.1 Å². The molecule has 4 heteroatoms. The monoisotopic (exact) mass is 778 g/mol. The summed E-state index contributed by atoms with van der Waals surface area (Å²) in [5, 5.41) is 6.96. The van der Waals surface area contributed by atoms with E-state index in [4.69, 9.17) is 15.0 Å². The summed E-state index contributed by atoms with van der Waals surface area (Å²) in [5.74, 6) is 1.86. The highest BCUT2D eigenvalue weighted by Crippen LogP contribution is 2.38. The van der Waals surface area contributed by atoms with Crippen LogP contribution < -0.4 is 0 Å². The number of hydrogen-bond donors (Lipinski definition) is 0. The van der Waals surface area contributed by atoms with Gasteiger partial charge in [-0.2, -0.15) is 0 Å². The Morgan fingerprint density at radius 3 is 1.00 bits per heavy atom. The van der Waals surface area contributed by atoms with E-state index in [1.807, 2.05) is 60.7 Å².